The van der Waals surface area contributed by atoms with Crippen LogP contribution in [0.4, 0.5) is 0 Å². The molecule has 0 aliphatic rings. The summed E-state index contributed by atoms with van der Waals surface area (Å²) in [5, 5.41) is 4.72. The van der Waals surface area contributed by atoms with Crippen molar-refractivity contribution in [1.82, 2.24) is 9.46 Å². The number of para-hydroxylation sites is 1. The van der Waals surface area contributed by atoms with Gasteiger partial charge in [-0.1, -0.05) is 78.0 Å². The van der Waals surface area contributed by atoms with Gasteiger partial charge in [-0.2, -0.15) is 4.31 Å². The summed E-state index contributed by atoms with van der Waals surface area (Å²) in [6.45, 7) is 0.599. The van der Waals surface area contributed by atoms with Crippen LogP contribution in [0.3, 0.4) is 0 Å². The molecule has 0 aliphatic heterocycles. The molecule has 4 aromatic rings. The summed E-state index contributed by atoms with van der Waals surface area (Å²) < 4.78 is 33.4. The maximum Gasteiger partial charge on any atom is 0.220 e. The quantitative estimate of drug-likeness (QED) is 0.469. The Morgan fingerprint density at radius 1 is 0.750 bits per heavy atom. The lowest BCUT2D eigenvalue weighted by Gasteiger charge is -2.22. The Balaban J connectivity index is 1.65. The number of hydrogen-bond donors (Lipinski definition) is 0. The molecule has 4 rings (SSSR count). The van der Waals surface area contributed by atoms with Gasteiger partial charge in [0.2, 0.25) is 10.0 Å². The van der Waals surface area contributed by atoms with Crippen LogP contribution in [0, 0.1) is 0 Å². The van der Waals surface area contributed by atoms with Gasteiger partial charge in [0.25, 0.3) is 0 Å². The Morgan fingerprint density at radius 2 is 1.29 bits per heavy atom. The van der Waals surface area contributed by atoms with Gasteiger partial charge in [-0.25, -0.2) is 8.42 Å². The lowest BCUT2D eigenvalue weighted by molar-refractivity contribution is 0.398. The first-order chi connectivity index (χ1) is 13.6. The van der Waals surface area contributed by atoms with E-state index in [9.17, 15) is 8.42 Å². The second-order valence-electron chi connectivity index (χ2n) is 6.62. The predicted octanol–water partition coefficient (Wildman–Crippen LogP) is 4.36. The smallest absolute Gasteiger partial charge is 0.220 e. The summed E-state index contributed by atoms with van der Waals surface area (Å²) in [5.41, 5.74) is 2.89. The van der Waals surface area contributed by atoms with E-state index in [1.165, 1.54) is 4.31 Å². The minimum absolute atomic E-state index is 0.205. The first-order valence-corrected chi connectivity index (χ1v) is 10.6. The van der Waals surface area contributed by atoms with E-state index >= 15 is 0 Å². The lowest BCUT2D eigenvalue weighted by Crippen LogP contribution is -2.31. The highest BCUT2D eigenvalue weighted by molar-refractivity contribution is 7.88. The molecule has 0 atom stereocenters. The van der Waals surface area contributed by atoms with Crippen LogP contribution in [0.5, 0.6) is 0 Å². The normalized spacial score (nSPS) is 11.9. The molecule has 0 fully saturated rings. The van der Waals surface area contributed by atoms with Crippen molar-refractivity contribution in [3.8, 4) is 0 Å². The first-order valence-electron chi connectivity index (χ1n) is 9.01. The highest BCUT2D eigenvalue weighted by Crippen LogP contribution is 2.23. The van der Waals surface area contributed by atoms with Crippen LogP contribution in [0.1, 0.15) is 16.8 Å². The van der Waals surface area contributed by atoms with E-state index in [2.05, 4.69) is 5.16 Å². The zero-order chi connectivity index (χ0) is 19.4. The summed E-state index contributed by atoms with van der Waals surface area (Å²) in [7, 11) is -3.62. The van der Waals surface area contributed by atoms with E-state index in [0.29, 0.717) is 24.4 Å². The zero-order valence-electron chi connectivity index (χ0n) is 15.2. The predicted molar refractivity (Wildman–Crippen MR) is 109 cm³/mol. The van der Waals surface area contributed by atoms with Crippen LogP contribution in [-0.2, 0) is 28.9 Å². The fourth-order valence-corrected chi connectivity index (χ4v) is 4.56. The molecule has 0 saturated carbocycles. The van der Waals surface area contributed by atoms with E-state index in [1.807, 2.05) is 78.9 Å². The lowest BCUT2D eigenvalue weighted by atomic mass is 10.2. The monoisotopic (exact) mass is 392 g/mol. The molecule has 142 valence electrons. The van der Waals surface area contributed by atoms with Crippen molar-refractivity contribution in [1.29, 1.82) is 0 Å². The van der Waals surface area contributed by atoms with Gasteiger partial charge >= 0.3 is 0 Å². The molecular formula is C22H20N2O3S. The molecule has 1 aromatic heterocycles. The van der Waals surface area contributed by atoms with Gasteiger partial charge < -0.3 is 4.52 Å². The largest absolute Gasteiger partial charge is 0.356 e. The highest BCUT2D eigenvalue weighted by Gasteiger charge is 2.25. The van der Waals surface area contributed by atoms with Gasteiger partial charge in [-0.05, 0) is 23.3 Å². The number of fused-ring (bicyclic) bond motifs is 1. The van der Waals surface area contributed by atoms with Gasteiger partial charge in [-0.3, -0.25) is 0 Å². The first kappa shape index (κ1) is 18.4. The molecule has 1 heterocycles. The maximum atomic E-state index is 13.3. The highest BCUT2D eigenvalue weighted by atomic mass is 32.2. The molecule has 28 heavy (non-hydrogen) atoms. The van der Waals surface area contributed by atoms with Crippen molar-refractivity contribution >= 4 is 21.0 Å². The Kier molecular flexibility index (Phi) is 5.23. The van der Waals surface area contributed by atoms with Gasteiger partial charge in [0.05, 0.1) is 0 Å². The van der Waals surface area contributed by atoms with Gasteiger partial charge in [0.1, 0.15) is 11.4 Å². The number of hydrogen-bond acceptors (Lipinski definition) is 4. The van der Waals surface area contributed by atoms with E-state index in [-0.39, 0.29) is 5.75 Å². The fraction of sp³-hybridized carbons (Fsp3) is 0.136. The summed E-state index contributed by atoms with van der Waals surface area (Å²) in [4.78, 5) is 0. The molecule has 0 N–H and O–H groups in total. The summed E-state index contributed by atoms with van der Waals surface area (Å²) in [6, 6.07) is 26.5. The topological polar surface area (TPSA) is 63.4 Å². The average Bonchev–Trinajstić information content (AvgIpc) is 3.11. The standard InChI is InChI=1S/C22H20N2O3S/c25-28(26,17-21-20-13-7-8-14-22(20)27-23-21)24(15-18-9-3-1-4-10-18)16-19-11-5-2-6-12-19/h1-14H,15-17H2. The third-order valence-corrected chi connectivity index (χ3v) is 6.25. The van der Waals surface area contributed by atoms with Crippen LogP contribution >= 0.6 is 0 Å². The molecule has 0 aliphatic carbocycles. The second kappa shape index (κ2) is 7.96. The van der Waals surface area contributed by atoms with Crippen LogP contribution in [0.15, 0.2) is 89.5 Å². The summed E-state index contributed by atoms with van der Waals surface area (Å²) in [5.74, 6) is -0.205. The van der Waals surface area contributed by atoms with E-state index in [4.69, 9.17) is 4.52 Å². The number of nitrogens with zero attached hydrogens (tertiary/aromatic N) is 2. The van der Waals surface area contributed by atoms with Crippen molar-refractivity contribution in [3.63, 3.8) is 0 Å². The molecule has 3 aromatic carbocycles. The summed E-state index contributed by atoms with van der Waals surface area (Å²) >= 11 is 0. The van der Waals surface area contributed by atoms with E-state index in [0.717, 1.165) is 16.5 Å². The average molecular weight is 392 g/mol. The van der Waals surface area contributed by atoms with Crippen molar-refractivity contribution in [2.45, 2.75) is 18.8 Å². The molecule has 0 saturated heterocycles. The number of sulfonamides is 1. The molecule has 0 unspecified atom stereocenters. The SMILES string of the molecule is O=S(=O)(Cc1noc2ccccc12)N(Cc1ccccc1)Cc1ccccc1. The third-order valence-electron chi connectivity index (χ3n) is 4.57. The van der Waals surface area contributed by atoms with Crippen LogP contribution in [0.25, 0.3) is 11.0 Å². The molecule has 0 bridgehead atoms. The number of rotatable bonds is 7. The molecule has 5 nitrogen and oxygen atoms in total. The minimum Gasteiger partial charge on any atom is -0.356 e. The van der Waals surface area contributed by atoms with Crippen LogP contribution < -0.4 is 0 Å². The molecule has 0 spiro atoms. The van der Waals surface area contributed by atoms with E-state index in [1.54, 1.807) is 6.07 Å². The Morgan fingerprint density at radius 3 is 1.89 bits per heavy atom. The molecule has 6 heteroatoms. The number of aromatic nitrogens is 1. The van der Waals surface area contributed by atoms with Gasteiger partial charge in [0.15, 0.2) is 5.58 Å². The van der Waals surface area contributed by atoms with Crippen LogP contribution in [-0.4, -0.2) is 17.9 Å². The molecular weight excluding hydrogens is 372 g/mol. The van der Waals surface area contributed by atoms with E-state index < -0.39 is 10.0 Å². The Hall–Kier alpha value is -2.96. The van der Waals surface area contributed by atoms with Crippen molar-refractivity contribution < 1.29 is 12.9 Å². The Labute approximate surface area is 164 Å². The minimum atomic E-state index is -3.62. The zero-order valence-corrected chi connectivity index (χ0v) is 16.0. The maximum absolute atomic E-state index is 13.3. The van der Waals surface area contributed by atoms with Crippen molar-refractivity contribution in [2.24, 2.45) is 0 Å². The summed E-state index contributed by atoms with van der Waals surface area (Å²) in [6.07, 6.45) is 0. The van der Waals surface area contributed by atoms with Gasteiger partial charge in [0, 0.05) is 18.5 Å². The Bertz CT molecular complexity index is 1110. The van der Waals surface area contributed by atoms with Crippen molar-refractivity contribution in [2.75, 3.05) is 0 Å². The van der Waals surface area contributed by atoms with Crippen molar-refractivity contribution in [3.05, 3.63) is 102 Å². The third kappa shape index (κ3) is 4.13. The molecule has 0 amide bonds. The number of benzene rings is 3. The van der Waals surface area contributed by atoms with Gasteiger partial charge in [-0.15, -0.1) is 0 Å². The molecule has 0 radical (unpaired) electrons. The van der Waals surface area contributed by atoms with Crippen LogP contribution in [0.2, 0.25) is 0 Å². The second-order valence-corrected chi connectivity index (χ2v) is 8.59. The fourth-order valence-electron chi connectivity index (χ4n) is 3.13.